The van der Waals surface area contributed by atoms with E-state index in [0.29, 0.717) is 5.82 Å². The molecular formula is C9H13N3O5. The number of rotatable bonds is 2. The van der Waals surface area contributed by atoms with Crippen LogP contribution in [0.5, 0.6) is 0 Å². The Morgan fingerprint density at radius 3 is 2.88 bits per heavy atom. The molecule has 0 aromatic carbocycles. The van der Waals surface area contributed by atoms with Crippen molar-refractivity contribution in [1.82, 2.24) is 9.97 Å². The first kappa shape index (κ1) is 12.0. The molecule has 1 aromatic heterocycles. The molecule has 0 saturated carbocycles. The SMILES string of the molecule is O=c1nccc(NC2OC[C@@H](O)[C@H](O)[C@H]2O)[nH]1. The number of anilines is 1. The summed E-state index contributed by atoms with van der Waals surface area (Å²) in [5, 5.41) is 31.0. The van der Waals surface area contributed by atoms with Crippen LogP contribution in [-0.4, -0.2) is 56.4 Å². The first-order valence-corrected chi connectivity index (χ1v) is 5.05. The van der Waals surface area contributed by atoms with Crippen molar-refractivity contribution in [2.75, 3.05) is 11.9 Å². The second kappa shape index (κ2) is 4.80. The van der Waals surface area contributed by atoms with Gasteiger partial charge < -0.3 is 25.4 Å². The number of ether oxygens (including phenoxy) is 1. The van der Waals surface area contributed by atoms with E-state index in [-0.39, 0.29) is 6.61 Å². The third-order valence-electron chi connectivity index (χ3n) is 2.47. The standard InChI is InChI=1S/C9H13N3O5/c13-4-3-17-8(7(15)6(4)14)11-5-1-2-10-9(16)12-5/h1-2,4,6-8,13-15H,3H2,(H2,10,11,12,16)/t4-,6+,7-,8?/m1/s1. The molecular weight excluding hydrogens is 230 g/mol. The molecule has 4 atom stereocenters. The van der Waals surface area contributed by atoms with Gasteiger partial charge in [0, 0.05) is 6.20 Å². The zero-order valence-electron chi connectivity index (χ0n) is 8.78. The Hall–Kier alpha value is -1.48. The van der Waals surface area contributed by atoms with Gasteiger partial charge in [-0.2, -0.15) is 0 Å². The normalized spacial score (nSPS) is 33.4. The fraction of sp³-hybridized carbons (Fsp3) is 0.556. The molecule has 8 heteroatoms. The number of hydrogen-bond donors (Lipinski definition) is 5. The maximum absolute atomic E-state index is 10.9. The zero-order chi connectivity index (χ0) is 12.4. The van der Waals surface area contributed by atoms with Crippen molar-refractivity contribution >= 4 is 5.82 Å². The van der Waals surface area contributed by atoms with Crippen molar-refractivity contribution in [2.24, 2.45) is 0 Å². The van der Waals surface area contributed by atoms with E-state index in [2.05, 4.69) is 15.3 Å². The number of aliphatic hydroxyl groups is 3. The topological polar surface area (TPSA) is 128 Å². The van der Waals surface area contributed by atoms with Gasteiger partial charge in [0.1, 0.15) is 24.1 Å². The number of nitrogens with zero attached hydrogens (tertiary/aromatic N) is 1. The molecule has 94 valence electrons. The average molecular weight is 243 g/mol. The van der Waals surface area contributed by atoms with Crippen LogP contribution < -0.4 is 11.0 Å². The highest BCUT2D eigenvalue weighted by molar-refractivity contribution is 5.32. The molecule has 17 heavy (non-hydrogen) atoms. The molecule has 2 heterocycles. The van der Waals surface area contributed by atoms with E-state index in [1.54, 1.807) is 0 Å². The minimum absolute atomic E-state index is 0.106. The molecule has 0 amide bonds. The van der Waals surface area contributed by atoms with Gasteiger partial charge in [0.2, 0.25) is 0 Å². The van der Waals surface area contributed by atoms with Crippen LogP contribution in [0.4, 0.5) is 5.82 Å². The largest absolute Gasteiger partial charge is 0.388 e. The van der Waals surface area contributed by atoms with Crippen molar-refractivity contribution in [3.63, 3.8) is 0 Å². The minimum Gasteiger partial charge on any atom is -0.388 e. The second-order valence-corrected chi connectivity index (χ2v) is 3.74. The summed E-state index contributed by atoms with van der Waals surface area (Å²) < 4.78 is 5.10. The molecule has 8 nitrogen and oxygen atoms in total. The van der Waals surface area contributed by atoms with Gasteiger partial charge in [0.05, 0.1) is 6.61 Å². The molecule has 5 N–H and O–H groups in total. The lowest BCUT2D eigenvalue weighted by Crippen LogP contribution is -2.55. The Kier molecular flexibility index (Phi) is 3.38. The number of aromatic nitrogens is 2. The van der Waals surface area contributed by atoms with Crippen LogP contribution in [0.1, 0.15) is 0 Å². The predicted molar refractivity (Wildman–Crippen MR) is 56.2 cm³/mol. The quantitative estimate of drug-likeness (QED) is 0.392. The Morgan fingerprint density at radius 1 is 1.41 bits per heavy atom. The fourth-order valence-electron chi connectivity index (χ4n) is 1.54. The molecule has 0 radical (unpaired) electrons. The van der Waals surface area contributed by atoms with E-state index >= 15 is 0 Å². The van der Waals surface area contributed by atoms with Gasteiger partial charge in [-0.05, 0) is 6.07 Å². The summed E-state index contributed by atoms with van der Waals surface area (Å²) in [5.41, 5.74) is -0.541. The Bertz CT molecular complexity index is 437. The summed E-state index contributed by atoms with van der Waals surface area (Å²) >= 11 is 0. The maximum Gasteiger partial charge on any atom is 0.346 e. The van der Waals surface area contributed by atoms with Crippen LogP contribution >= 0.6 is 0 Å². The van der Waals surface area contributed by atoms with E-state index in [1.807, 2.05) is 0 Å². The van der Waals surface area contributed by atoms with Gasteiger partial charge in [0.15, 0.2) is 6.23 Å². The average Bonchev–Trinajstić information content (AvgIpc) is 2.30. The number of aromatic amines is 1. The van der Waals surface area contributed by atoms with Crippen LogP contribution in [0.25, 0.3) is 0 Å². The summed E-state index contributed by atoms with van der Waals surface area (Å²) in [6.45, 7) is -0.106. The van der Waals surface area contributed by atoms with Gasteiger partial charge in [-0.25, -0.2) is 9.78 Å². The fourth-order valence-corrected chi connectivity index (χ4v) is 1.54. The number of aliphatic hydroxyl groups excluding tert-OH is 3. The highest BCUT2D eigenvalue weighted by atomic mass is 16.5. The molecule has 2 rings (SSSR count). The van der Waals surface area contributed by atoms with E-state index in [9.17, 15) is 20.1 Å². The summed E-state index contributed by atoms with van der Waals surface area (Å²) in [6, 6.07) is 1.48. The van der Waals surface area contributed by atoms with E-state index in [1.165, 1.54) is 12.3 Å². The zero-order valence-corrected chi connectivity index (χ0v) is 8.78. The molecule has 1 unspecified atom stereocenters. The van der Waals surface area contributed by atoms with Gasteiger partial charge in [-0.1, -0.05) is 0 Å². The van der Waals surface area contributed by atoms with Crippen LogP contribution in [-0.2, 0) is 4.74 Å². The van der Waals surface area contributed by atoms with Crippen molar-refractivity contribution in [3.05, 3.63) is 22.7 Å². The van der Waals surface area contributed by atoms with Gasteiger partial charge in [-0.15, -0.1) is 0 Å². The molecule has 0 bridgehead atoms. The van der Waals surface area contributed by atoms with Gasteiger partial charge >= 0.3 is 5.69 Å². The third kappa shape index (κ3) is 2.61. The lowest BCUT2D eigenvalue weighted by molar-refractivity contribution is -0.178. The minimum atomic E-state index is -1.30. The van der Waals surface area contributed by atoms with Crippen LogP contribution in [0.15, 0.2) is 17.1 Å². The van der Waals surface area contributed by atoms with Crippen LogP contribution in [0.3, 0.4) is 0 Å². The Morgan fingerprint density at radius 2 is 2.18 bits per heavy atom. The van der Waals surface area contributed by atoms with Crippen molar-refractivity contribution in [1.29, 1.82) is 0 Å². The molecule has 1 saturated heterocycles. The molecule has 1 aliphatic heterocycles. The first-order chi connectivity index (χ1) is 8.08. The molecule has 0 aliphatic carbocycles. The van der Waals surface area contributed by atoms with Gasteiger partial charge in [-0.3, -0.25) is 4.98 Å². The lowest BCUT2D eigenvalue weighted by Gasteiger charge is -2.35. The van der Waals surface area contributed by atoms with Crippen molar-refractivity contribution in [3.8, 4) is 0 Å². The summed E-state index contributed by atoms with van der Waals surface area (Å²) in [7, 11) is 0. The Labute approximate surface area is 95.9 Å². The smallest absolute Gasteiger partial charge is 0.346 e. The van der Waals surface area contributed by atoms with E-state index in [4.69, 9.17) is 4.74 Å². The molecule has 1 aromatic rings. The second-order valence-electron chi connectivity index (χ2n) is 3.74. The van der Waals surface area contributed by atoms with Crippen molar-refractivity contribution in [2.45, 2.75) is 24.5 Å². The first-order valence-electron chi connectivity index (χ1n) is 5.05. The highest BCUT2D eigenvalue weighted by Gasteiger charge is 2.37. The molecule has 1 fully saturated rings. The van der Waals surface area contributed by atoms with Gasteiger partial charge in [0.25, 0.3) is 0 Å². The number of hydrogen-bond acceptors (Lipinski definition) is 7. The molecule has 1 aliphatic rings. The molecule has 0 spiro atoms. The number of nitrogens with one attached hydrogen (secondary N) is 2. The van der Waals surface area contributed by atoms with Crippen molar-refractivity contribution < 1.29 is 20.1 Å². The number of H-pyrrole nitrogens is 1. The predicted octanol–water partition coefficient (Wildman–Crippen LogP) is -2.38. The monoisotopic (exact) mass is 243 g/mol. The van der Waals surface area contributed by atoms with E-state index < -0.39 is 30.2 Å². The summed E-state index contributed by atoms with van der Waals surface area (Å²) in [6.07, 6.45) is -3.34. The summed E-state index contributed by atoms with van der Waals surface area (Å²) in [4.78, 5) is 16.8. The summed E-state index contributed by atoms with van der Waals surface area (Å²) in [5.74, 6) is 0.303. The maximum atomic E-state index is 10.9. The van der Waals surface area contributed by atoms with Crippen LogP contribution in [0.2, 0.25) is 0 Å². The Balaban J connectivity index is 2.06. The highest BCUT2D eigenvalue weighted by Crippen LogP contribution is 2.16. The van der Waals surface area contributed by atoms with E-state index in [0.717, 1.165) is 0 Å². The van der Waals surface area contributed by atoms with Crippen LogP contribution in [0, 0.1) is 0 Å². The lowest BCUT2D eigenvalue weighted by atomic mass is 10.0. The third-order valence-corrected chi connectivity index (χ3v) is 2.47.